The van der Waals surface area contributed by atoms with E-state index >= 15 is 0 Å². The third-order valence-electron chi connectivity index (χ3n) is 5.01. The number of ether oxygens (including phenoxy) is 1. The predicted molar refractivity (Wildman–Crippen MR) is 106 cm³/mol. The zero-order valence-corrected chi connectivity index (χ0v) is 15.0. The fraction of sp³-hybridized carbons (Fsp3) is 0.217. The van der Waals surface area contributed by atoms with Crippen LogP contribution in [-0.2, 0) is 4.74 Å². The van der Waals surface area contributed by atoms with E-state index in [1.54, 1.807) is 18.3 Å². The minimum absolute atomic E-state index is 0.168. The Morgan fingerprint density at radius 1 is 1.07 bits per heavy atom. The van der Waals surface area contributed by atoms with Crippen molar-refractivity contribution < 1.29 is 9.53 Å². The van der Waals surface area contributed by atoms with Crippen molar-refractivity contribution in [2.24, 2.45) is 5.92 Å². The number of hydrogen-bond acceptors (Lipinski definition) is 3. The summed E-state index contributed by atoms with van der Waals surface area (Å²) in [5, 5.41) is 0. The SMILES string of the molecule is O=C(OCC1CC=CCC1)c1c(-c2ccccc2)cc(=O)n2ccccc12. The number of aromatic nitrogens is 1. The first-order valence-corrected chi connectivity index (χ1v) is 9.26. The topological polar surface area (TPSA) is 47.8 Å². The molecule has 1 aliphatic carbocycles. The summed E-state index contributed by atoms with van der Waals surface area (Å²) in [5.41, 5.74) is 2.28. The lowest BCUT2D eigenvalue weighted by atomic mass is 9.95. The van der Waals surface area contributed by atoms with E-state index in [4.69, 9.17) is 4.74 Å². The number of carbonyl (C=O) groups excluding carboxylic acids is 1. The number of pyridine rings is 2. The molecule has 0 saturated heterocycles. The van der Waals surface area contributed by atoms with Gasteiger partial charge in [-0.25, -0.2) is 4.79 Å². The van der Waals surface area contributed by atoms with Crippen molar-refractivity contribution in [2.75, 3.05) is 6.61 Å². The first-order valence-electron chi connectivity index (χ1n) is 9.26. The fourth-order valence-electron chi connectivity index (χ4n) is 3.58. The van der Waals surface area contributed by atoms with Crippen LogP contribution in [-0.4, -0.2) is 17.0 Å². The van der Waals surface area contributed by atoms with Gasteiger partial charge in [0.25, 0.3) is 5.56 Å². The van der Waals surface area contributed by atoms with Crippen LogP contribution in [0.2, 0.25) is 0 Å². The van der Waals surface area contributed by atoms with Gasteiger partial charge in [0.2, 0.25) is 0 Å². The van der Waals surface area contributed by atoms with Gasteiger partial charge in [0, 0.05) is 17.8 Å². The molecular formula is C23H21NO3. The molecule has 2 heterocycles. The highest BCUT2D eigenvalue weighted by Crippen LogP contribution is 2.27. The van der Waals surface area contributed by atoms with Crippen LogP contribution in [0.15, 0.2) is 77.7 Å². The molecule has 136 valence electrons. The van der Waals surface area contributed by atoms with Crippen LogP contribution in [0.4, 0.5) is 0 Å². The largest absolute Gasteiger partial charge is 0.462 e. The number of rotatable bonds is 4. The Kier molecular flexibility index (Phi) is 4.88. The molecule has 27 heavy (non-hydrogen) atoms. The highest BCUT2D eigenvalue weighted by atomic mass is 16.5. The molecule has 4 nitrogen and oxygen atoms in total. The maximum Gasteiger partial charge on any atom is 0.340 e. The van der Waals surface area contributed by atoms with Gasteiger partial charge >= 0.3 is 5.97 Å². The van der Waals surface area contributed by atoms with Gasteiger partial charge < -0.3 is 4.74 Å². The van der Waals surface area contributed by atoms with Crippen LogP contribution in [0.1, 0.15) is 29.6 Å². The van der Waals surface area contributed by atoms with E-state index in [9.17, 15) is 9.59 Å². The van der Waals surface area contributed by atoms with Crippen molar-refractivity contribution in [1.29, 1.82) is 0 Å². The molecule has 0 fully saturated rings. The molecule has 0 amide bonds. The Labute approximate surface area is 157 Å². The third-order valence-corrected chi connectivity index (χ3v) is 5.01. The number of benzene rings is 1. The number of fused-ring (bicyclic) bond motifs is 1. The lowest BCUT2D eigenvalue weighted by molar-refractivity contribution is 0.0435. The van der Waals surface area contributed by atoms with Gasteiger partial charge in [-0.05, 0) is 42.9 Å². The van der Waals surface area contributed by atoms with Gasteiger partial charge in [0.1, 0.15) is 0 Å². The molecule has 3 aromatic rings. The molecule has 0 bridgehead atoms. The van der Waals surface area contributed by atoms with Crippen molar-refractivity contribution in [1.82, 2.24) is 4.40 Å². The van der Waals surface area contributed by atoms with Crippen LogP contribution in [0.25, 0.3) is 16.6 Å². The molecule has 1 aromatic carbocycles. The molecule has 2 aromatic heterocycles. The molecule has 0 N–H and O–H groups in total. The number of esters is 1. The van der Waals surface area contributed by atoms with E-state index in [0.29, 0.717) is 29.2 Å². The number of allylic oxidation sites excluding steroid dienone is 2. The Morgan fingerprint density at radius 2 is 1.89 bits per heavy atom. The van der Waals surface area contributed by atoms with Crippen molar-refractivity contribution in [3.63, 3.8) is 0 Å². The van der Waals surface area contributed by atoms with Crippen molar-refractivity contribution in [2.45, 2.75) is 19.3 Å². The maximum absolute atomic E-state index is 13.1. The van der Waals surface area contributed by atoms with E-state index in [2.05, 4.69) is 12.2 Å². The summed E-state index contributed by atoms with van der Waals surface area (Å²) in [6.07, 6.45) is 8.99. The number of hydrogen-bond donors (Lipinski definition) is 0. The summed E-state index contributed by atoms with van der Waals surface area (Å²) in [6.45, 7) is 0.398. The number of carbonyl (C=O) groups is 1. The first-order chi connectivity index (χ1) is 13.2. The van der Waals surface area contributed by atoms with Gasteiger partial charge in [-0.2, -0.15) is 0 Å². The van der Waals surface area contributed by atoms with E-state index in [0.717, 1.165) is 24.8 Å². The molecular weight excluding hydrogens is 338 g/mol. The number of nitrogens with zero attached hydrogens (tertiary/aromatic N) is 1. The van der Waals surface area contributed by atoms with Gasteiger partial charge in [0.15, 0.2) is 0 Å². The van der Waals surface area contributed by atoms with Crippen LogP contribution in [0.5, 0.6) is 0 Å². The standard InChI is InChI=1S/C23H21NO3/c25-21-15-19(18-11-5-2-6-12-18)22(20-13-7-8-14-24(20)21)23(26)27-16-17-9-3-1-4-10-17/h1-3,5-8,11-15,17H,4,9-10,16H2. The highest BCUT2D eigenvalue weighted by molar-refractivity contribution is 6.03. The van der Waals surface area contributed by atoms with Crippen molar-refractivity contribution in [3.8, 4) is 11.1 Å². The molecule has 1 unspecified atom stereocenters. The monoisotopic (exact) mass is 359 g/mol. The minimum atomic E-state index is -0.382. The molecule has 0 radical (unpaired) electrons. The summed E-state index contributed by atoms with van der Waals surface area (Å²) in [7, 11) is 0. The first kappa shape index (κ1) is 17.3. The summed E-state index contributed by atoms with van der Waals surface area (Å²) in [6, 6.07) is 16.4. The molecule has 0 aliphatic heterocycles. The summed E-state index contributed by atoms with van der Waals surface area (Å²) >= 11 is 0. The lowest BCUT2D eigenvalue weighted by Crippen LogP contribution is -2.20. The molecule has 1 aliphatic rings. The second-order valence-electron chi connectivity index (χ2n) is 6.84. The van der Waals surface area contributed by atoms with Gasteiger partial charge in [-0.3, -0.25) is 9.20 Å². The van der Waals surface area contributed by atoms with Crippen molar-refractivity contribution in [3.05, 3.63) is 88.9 Å². The highest BCUT2D eigenvalue weighted by Gasteiger charge is 2.21. The zero-order chi connectivity index (χ0) is 18.6. The predicted octanol–water partition coefficient (Wildman–Crippen LogP) is 4.48. The van der Waals surface area contributed by atoms with E-state index in [-0.39, 0.29) is 11.5 Å². The quantitative estimate of drug-likeness (QED) is 0.510. The fourth-order valence-corrected chi connectivity index (χ4v) is 3.58. The normalized spacial score (nSPS) is 16.4. The van der Waals surface area contributed by atoms with Crippen LogP contribution in [0.3, 0.4) is 0 Å². The van der Waals surface area contributed by atoms with E-state index in [1.807, 2.05) is 36.4 Å². The van der Waals surface area contributed by atoms with Gasteiger partial charge in [-0.1, -0.05) is 48.6 Å². The van der Waals surface area contributed by atoms with Crippen LogP contribution in [0, 0.1) is 5.92 Å². The molecule has 1 atom stereocenters. The van der Waals surface area contributed by atoms with E-state index < -0.39 is 0 Å². The van der Waals surface area contributed by atoms with Gasteiger partial charge in [0.05, 0.1) is 17.7 Å². The third kappa shape index (κ3) is 3.56. The molecule has 4 rings (SSSR count). The average molecular weight is 359 g/mol. The summed E-state index contributed by atoms with van der Waals surface area (Å²) in [4.78, 5) is 25.6. The molecule has 4 heteroatoms. The van der Waals surface area contributed by atoms with Crippen LogP contribution < -0.4 is 5.56 Å². The molecule has 0 spiro atoms. The summed E-state index contributed by atoms with van der Waals surface area (Å²) in [5.74, 6) is -0.0241. The average Bonchev–Trinajstić information content (AvgIpc) is 2.73. The summed E-state index contributed by atoms with van der Waals surface area (Å²) < 4.78 is 7.18. The second kappa shape index (κ2) is 7.62. The second-order valence-corrected chi connectivity index (χ2v) is 6.84. The minimum Gasteiger partial charge on any atom is -0.462 e. The zero-order valence-electron chi connectivity index (χ0n) is 15.0. The Hall–Kier alpha value is -3.14. The maximum atomic E-state index is 13.1. The smallest absolute Gasteiger partial charge is 0.340 e. The van der Waals surface area contributed by atoms with E-state index in [1.165, 1.54) is 10.5 Å². The Bertz CT molecular complexity index is 1050. The van der Waals surface area contributed by atoms with Crippen LogP contribution >= 0.6 is 0 Å². The molecule has 0 saturated carbocycles. The van der Waals surface area contributed by atoms with Gasteiger partial charge in [-0.15, -0.1) is 0 Å². The van der Waals surface area contributed by atoms with Crippen molar-refractivity contribution >= 4 is 11.5 Å². The Balaban J connectivity index is 1.77. The lowest BCUT2D eigenvalue weighted by Gasteiger charge is -2.19. The Morgan fingerprint density at radius 3 is 2.67 bits per heavy atom.